The zero-order chi connectivity index (χ0) is 5.98. The first-order valence-corrected chi connectivity index (χ1v) is 3.14. The molecule has 1 rings (SSSR count). The lowest BCUT2D eigenvalue weighted by molar-refractivity contribution is 0.360. The summed E-state index contributed by atoms with van der Waals surface area (Å²) >= 11 is 0.797. The van der Waals surface area contributed by atoms with Gasteiger partial charge >= 0.3 is 0 Å². The fraction of sp³-hybridized carbons (Fsp3) is 0.500. The molecule has 2 N–H and O–H groups in total. The van der Waals surface area contributed by atoms with Gasteiger partial charge in [0.2, 0.25) is 0 Å². The van der Waals surface area contributed by atoms with Gasteiger partial charge in [-0.25, -0.2) is 5.43 Å². The first kappa shape index (κ1) is 5.94. The van der Waals surface area contributed by atoms with Gasteiger partial charge in [0.15, 0.2) is 0 Å². The highest BCUT2D eigenvalue weighted by molar-refractivity contribution is 7.94. The van der Waals surface area contributed by atoms with Gasteiger partial charge in [0.25, 0.3) is 0 Å². The van der Waals surface area contributed by atoms with Crippen molar-refractivity contribution >= 4 is 12.0 Å². The summed E-state index contributed by atoms with van der Waals surface area (Å²) in [5.41, 5.74) is 2.94. The Balaban J connectivity index is 2.34. The lowest BCUT2D eigenvalue weighted by atomic mass is 10.6. The SMILES string of the molecule is CN1C=CC(SO)N1. The van der Waals surface area contributed by atoms with E-state index in [9.17, 15) is 0 Å². The highest BCUT2D eigenvalue weighted by atomic mass is 32.2. The Bertz CT molecular complexity index is 106. The molecule has 0 spiro atoms. The highest BCUT2D eigenvalue weighted by Crippen LogP contribution is 2.08. The fourth-order valence-corrected chi connectivity index (χ4v) is 0.907. The molecular formula is C4H8N2OS. The van der Waals surface area contributed by atoms with E-state index in [1.807, 2.05) is 19.3 Å². The monoisotopic (exact) mass is 132 g/mol. The second-order valence-electron chi connectivity index (χ2n) is 1.61. The summed E-state index contributed by atoms with van der Waals surface area (Å²) in [7, 11) is 1.88. The molecule has 0 aromatic heterocycles. The maximum Gasteiger partial charge on any atom is 0.117 e. The first-order valence-electron chi connectivity index (χ1n) is 2.30. The summed E-state index contributed by atoms with van der Waals surface area (Å²) in [4.78, 5) is 0. The summed E-state index contributed by atoms with van der Waals surface area (Å²) in [6, 6.07) is 0. The lowest BCUT2D eigenvalue weighted by Crippen LogP contribution is -2.29. The Hall–Kier alpha value is -0.190. The van der Waals surface area contributed by atoms with Crippen LogP contribution in [0.3, 0.4) is 0 Å². The molecule has 0 fully saturated rings. The molecule has 0 saturated carbocycles. The third-order valence-corrected chi connectivity index (χ3v) is 1.42. The average Bonchev–Trinajstić information content (AvgIpc) is 2.14. The van der Waals surface area contributed by atoms with Gasteiger partial charge in [-0.2, -0.15) is 0 Å². The molecule has 3 nitrogen and oxygen atoms in total. The zero-order valence-electron chi connectivity index (χ0n) is 4.53. The molecule has 46 valence electrons. The van der Waals surface area contributed by atoms with Crippen molar-refractivity contribution in [1.82, 2.24) is 10.4 Å². The van der Waals surface area contributed by atoms with Crippen molar-refractivity contribution < 1.29 is 4.55 Å². The van der Waals surface area contributed by atoms with E-state index in [0.29, 0.717) is 0 Å². The smallest absolute Gasteiger partial charge is 0.117 e. The van der Waals surface area contributed by atoms with Crippen LogP contribution in [0, 0.1) is 0 Å². The predicted octanol–water partition coefficient (Wildman–Crippen LogP) is 0.482. The molecule has 0 aliphatic carbocycles. The maximum atomic E-state index is 8.46. The van der Waals surface area contributed by atoms with Gasteiger partial charge < -0.3 is 9.56 Å². The number of rotatable bonds is 1. The molecule has 0 bridgehead atoms. The van der Waals surface area contributed by atoms with Crippen molar-refractivity contribution in [2.75, 3.05) is 7.05 Å². The van der Waals surface area contributed by atoms with Gasteiger partial charge in [0.05, 0.1) is 0 Å². The van der Waals surface area contributed by atoms with Crippen LogP contribution in [0.1, 0.15) is 0 Å². The van der Waals surface area contributed by atoms with Crippen LogP contribution in [0.5, 0.6) is 0 Å². The van der Waals surface area contributed by atoms with Crippen LogP contribution >= 0.6 is 12.0 Å². The molecule has 1 unspecified atom stereocenters. The largest absolute Gasteiger partial charge is 0.328 e. The van der Waals surface area contributed by atoms with Gasteiger partial charge in [0, 0.05) is 25.3 Å². The van der Waals surface area contributed by atoms with E-state index in [1.165, 1.54) is 0 Å². The summed E-state index contributed by atoms with van der Waals surface area (Å²) in [6.45, 7) is 0. The minimum Gasteiger partial charge on any atom is -0.328 e. The summed E-state index contributed by atoms with van der Waals surface area (Å²) in [6.07, 6.45) is 3.75. The summed E-state index contributed by atoms with van der Waals surface area (Å²) < 4.78 is 8.46. The number of nitrogens with zero attached hydrogens (tertiary/aromatic N) is 1. The molecular weight excluding hydrogens is 124 g/mol. The maximum absolute atomic E-state index is 8.46. The Morgan fingerprint density at radius 1 is 1.88 bits per heavy atom. The van der Waals surface area contributed by atoms with Gasteiger partial charge in [0.1, 0.15) is 5.37 Å². The van der Waals surface area contributed by atoms with Gasteiger partial charge in [-0.15, -0.1) is 0 Å². The van der Waals surface area contributed by atoms with Crippen LogP contribution < -0.4 is 5.43 Å². The summed E-state index contributed by atoms with van der Waals surface area (Å²) in [5, 5.41) is 1.84. The fourth-order valence-electron chi connectivity index (χ4n) is 0.553. The predicted molar refractivity (Wildman–Crippen MR) is 34.0 cm³/mol. The second-order valence-corrected chi connectivity index (χ2v) is 2.33. The molecule has 1 atom stereocenters. The first-order chi connectivity index (χ1) is 3.83. The number of hydrogen-bond donors (Lipinski definition) is 2. The van der Waals surface area contributed by atoms with Crippen LogP contribution in [0.2, 0.25) is 0 Å². The van der Waals surface area contributed by atoms with Crippen molar-refractivity contribution in [3.05, 3.63) is 12.3 Å². The van der Waals surface area contributed by atoms with E-state index >= 15 is 0 Å². The Labute approximate surface area is 52.5 Å². The quantitative estimate of drug-likeness (QED) is 0.509. The second kappa shape index (κ2) is 2.39. The van der Waals surface area contributed by atoms with Crippen molar-refractivity contribution in [2.45, 2.75) is 5.37 Å². The van der Waals surface area contributed by atoms with Crippen LogP contribution in [-0.2, 0) is 0 Å². The molecule has 0 aromatic carbocycles. The Morgan fingerprint density at radius 3 is 2.88 bits per heavy atom. The number of nitrogens with one attached hydrogen (secondary N) is 1. The van der Waals surface area contributed by atoms with E-state index in [4.69, 9.17) is 4.55 Å². The average molecular weight is 132 g/mol. The molecule has 0 saturated heterocycles. The van der Waals surface area contributed by atoms with E-state index in [-0.39, 0.29) is 5.37 Å². The van der Waals surface area contributed by atoms with Gasteiger partial charge in [-0.1, -0.05) is 0 Å². The molecule has 8 heavy (non-hydrogen) atoms. The number of hydrazine groups is 1. The Kier molecular flexibility index (Phi) is 1.77. The molecule has 1 aliphatic heterocycles. The van der Waals surface area contributed by atoms with Crippen LogP contribution in [0.4, 0.5) is 0 Å². The molecule has 0 aromatic rings. The molecule has 4 heteroatoms. The Morgan fingerprint density at radius 2 is 2.62 bits per heavy atom. The van der Waals surface area contributed by atoms with E-state index in [0.717, 1.165) is 12.0 Å². The molecule has 0 amide bonds. The molecule has 1 aliphatic rings. The highest BCUT2D eigenvalue weighted by Gasteiger charge is 2.09. The molecule has 0 radical (unpaired) electrons. The van der Waals surface area contributed by atoms with Gasteiger partial charge in [-0.05, 0) is 6.08 Å². The third-order valence-electron chi connectivity index (χ3n) is 0.929. The summed E-state index contributed by atoms with van der Waals surface area (Å²) in [5.74, 6) is 0. The molecule has 1 heterocycles. The topological polar surface area (TPSA) is 35.5 Å². The normalized spacial score (nSPS) is 27.2. The van der Waals surface area contributed by atoms with E-state index in [1.54, 1.807) is 5.01 Å². The van der Waals surface area contributed by atoms with Crippen LogP contribution in [-0.4, -0.2) is 22.0 Å². The van der Waals surface area contributed by atoms with Crippen molar-refractivity contribution in [1.29, 1.82) is 0 Å². The van der Waals surface area contributed by atoms with E-state index < -0.39 is 0 Å². The third kappa shape index (κ3) is 1.15. The zero-order valence-corrected chi connectivity index (χ0v) is 5.35. The minimum absolute atomic E-state index is 0.0417. The van der Waals surface area contributed by atoms with Crippen molar-refractivity contribution in [3.63, 3.8) is 0 Å². The van der Waals surface area contributed by atoms with Crippen molar-refractivity contribution in [2.24, 2.45) is 0 Å². The van der Waals surface area contributed by atoms with Gasteiger partial charge in [-0.3, -0.25) is 0 Å². The van der Waals surface area contributed by atoms with Crippen LogP contribution in [0.25, 0.3) is 0 Å². The standard InChI is InChI=1S/C4H8N2OS/c1-6-3-2-4(5-6)8-7/h2-5,7H,1H3. The number of hydrogen-bond acceptors (Lipinski definition) is 4. The van der Waals surface area contributed by atoms with Crippen molar-refractivity contribution in [3.8, 4) is 0 Å². The van der Waals surface area contributed by atoms with Crippen LogP contribution in [0.15, 0.2) is 12.3 Å². The minimum atomic E-state index is 0.0417. The lowest BCUT2D eigenvalue weighted by Gasteiger charge is -2.10. The van der Waals surface area contributed by atoms with E-state index in [2.05, 4.69) is 5.43 Å².